The van der Waals surface area contributed by atoms with Crippen molar-refractivity contribution in [1.29, 1.82) is 0 Å². The van der Waals surface area contributed by atoms with Crippen LogP contribution < -0.4 is 10.7 Å². The normalized spacial score (nSPS) is 18.3. The summed E-state index contributed by atoms with van der Waals surface area (Å²) in [5.74, 6) is -3.54. The van der Waals surface area contributed by atoms with E-state index in [9.17, 15) is 22.8 Å². The van der Waals surface area contributed by atoms with E-state index in [2.05, 4.69) is 10.7 Å². The fourth-order valence-corrected chi connectivity index (χ4v) is 2.91. The van der Waals surface area contributed by atoms with Crippen molar-refractivity contribution >= 4 is 35.1 Å². The van der Waals surface area contributed by atoms with Gasteiger partial charge in [-0.1, -0.05) is 35.3 Å². The van der Waals surface area contributed by atoms with Crippen molar-refractivity contribution in [2.45, 2.75) is 37.4 Å². The first-order valence-electron chi connectivity index (χ1n) is 8.85. The summed E-state index contributed by atoms with van der Waals surface area (Å²) < 4.78 is 38.1. The first kappa shape index (κ1) is 27.4. The number of aliphatic hydroxyl groups is 2. The number of hydrogen-bond donors (Lipinski definition) is 6. The van der Waals surface area contributed by atoms with Crippen molar-refractivity contribution in [2.75, 3.05) is 19.6 Å². The number of carbonyl (C=O) groups is 2. The summed E-state index contributed by atoms with van der Waals surface area (Å²) in [6.45, 7) is 0.439. The molecular weight excluding hydrogens is 470 g/mol. The summed E-state index contributed by atoms with van der Waals surface area (Å²) in [5, 5.41) is 37.4. The van der Waals surface area contributed by atoms with Crippen LogP contribution >= 0.6 is 23.2 Å². The van der Waals surface area contributed by atoms with Gasteiger partial charge < -0.3 is 25.7 Å². The standard InChI is InChI=1S/C13H16Cl2F3N3.C4H6O6/c14-11-3-1-2-9(12(11)15)7-21(8-13(16,17)18)20-10-4-5-19-6-10;5-1(3(7)8)2(6)4(9)10/h1-3,10,19-20H,4-8H2;1-2,5-6H,(H,7,8)(H,9,10)/t10-;/m0./s1. The Bertz CT molecular complexity index is 732. The summed E-state index contributed by atoms with van der Waals surface area (Å²) in [6.07, 6.45) is -8.03. The van der Waals surface area contributed by atoms with Gasteiger partial charge in [-0.15, -0.1) is 0 Å². The van der Waals surface area contributed by atoms with Crippen LogP contribution in [0.25, 0.3) is 0 Å². The lowest BCUT2D eigenvalue weighted by Gasteiger charge is -2.28. The number of hydrogen-bond acceptors (Lipinski definition) is 7. The molecule has 0 radical (unpaired) electrons. The molecule has 0 saturated carbocycles. The highest BCUT2D eigenvalue weighted by atomic mass is 35.5. The van der Waals surface area contributed by atoms with Crippen molar-refractivity contribution < 1.29 is 43.2 Å². The van der Waals surface area contributed by atoms with Gasteiger partial charge in [0.2, 0.25) is 0 Å². The first-order valence-corrected chi connectivity index (χ1v) is 9.60. The molecule has 1 heterocycles. The quantitative estimate of drug-likeness (QED) is 0.294. The minimum Gasteiger partial charge on any atom is -0.479 e. The summed E-state index contributed by atoms with van der Waals surface area (Å²) >= 11 is 11.9. The average molecular weight is 492 g/mol. The maximum atomic E-state index is 12.7. The Morgan fingerprint density at radius 3 is 2.23 bits per heavy atom. The van der Waals surface area contributed by atoms with Crippen LogP contribution in [0.5, 0.6) is 0 Å². The number of nitrogens with zero attached hydrogens (tertiary/aromatic N) is 1. The lowest BCUT2D eigenvalue weighted by Crippen LogP contribution is -2.49. The first-order chi connectivity index (χ1) is 14.3. The van der Waals surface area contributed by atoms with Gasteiger partial charge in [-0.05, 0) is 24.6 Å². The van der Waals surface area contributed by atoms with Crippen molar-refractivity contribution in [1.82, 2.24) is 15.8 Å². The molecule has 31 heavy (non-hydrogen) atoms. The van der Waals surface area contributed by atoms with E-state index < -0.39 is 36.9 Å². The maximum absolute atomic E-state index is 12.7. The minimum absolute atomic E-state index is 0.00897. The van der Waals surface area contributed by atoms with Crippen LogP contribution in [0.2, 0.25) is 10.0 Å². The molecule has 1 aliphatic rings. The Balaban J connectivity index is 0.000000407. The molecule has 0 bridgehead atoms. The number of nitrogens with one attached hydrogen (secondary N) is 2. The molecule has 1 aromatic rings. The average Bonchev–Trinajstić information content (AvgIpc) is 3.16. The molecule has 1 aromatic carbocycles. The van der Waals surface area contributed by atoms with E-state index in [1.54, 1.807) is 18.2 Å². The molecule has 0 spiro atoms. The molecule has 176 valence electrons. The third-order valence-electron chi connectivity index (χ3n) is 3.99. The zero-order valence-electron chi connectivity index (χ0n) is 15.9. The molecule has 1 aliphatic heterocycles. The highest BCUT2D eigenvalue weighted by molar-refractivity contribution is 6.42. The smallest absolute Gasteiger partial charge is 0.402 e. The third kappa shape index (κ3) is 9.99. The molecule has 3 atom stereocenters. The van der Waals surface area contributed by atoms with Crippen molar-refractivity contribution in [3.05, 3.63) is 33.8 Å². The predicted octanol–water partition coefficient (Wildman–Crippen LogP) is 1.10. The lowest BCUT2D eigenvalue weighted by molar-refractivity contribution is -0.165. The Labute approximate surface area is 185 Å². The Morgan fingerprint density at radius 1 is 1.19 bits per heavy atom. The van der Waals surface area contributed by atoms with E-state index in [1.807, 2.05) is 0 Å². The number of carboxylic acids is 2. The van der Waals surface area contributed by atoms with Gasteiger partial charge in [-0.25, -0.2) is 14.6 Å². The van der Waals surface area contributed by atoms with Crippen LogP contribution in [0, 0.1) is 0 Å². The zero-order chi connectivity index (χ0) is 23.8. The number of halogens is 5. The number of carboxylic acid groups (broad SMARTS) is 2. The number of aliphatic hydroxyl groups excluding tert-OH is 2. The molecular formula is C17H22Cl2F3N3O6. The van der Waals surface area contributed by atoms with E-state index in [1.165, 1.54) is 0 Å². The number of aliphatic carboxylic acids is 2. The molecule has 0 amide bonds. The van der Waals surface area contributed by atoms with Gasteiger partial charge in [0.25, 0.3) is 0 Å². The number of rotatable bonds is 8. The molecule has 0 aliphatic carbocycles. The molecule has 6 N–H and O–H groups in total. The summed E-state index contributed by atoms with van der Waals surface area (Å²) in [4.78, 5) is 19.5. The number of benzene rings is 1. The van der Waals surface area contributed by atoms with Gasteiger partial charge in [0.05, 0.1) is 10.0 Å². The second-order valence-electron chi connectivity index (χ2n) is 6.57. The minimum atomic E-state index is -4.29. The van der Waals surface area contributed by atoms with Crippen molar-refractivity contribution in [3.8, 4) is 0 Å². The molecule has 1 saturated heterocycles. The van der Waals surface area contributed by atoms with Gasteiger partial charge >= 0.3 is 18.1 Å². The lowest BCUT2D eigenvalue weighted by atomic mass is 10.2. The van der Waals surface area contributed by atoms with E-state index >= 15 is 0 Å². The fourth-order valence-electron chi connectivity index (χ4n) is 2.53. The molecule has 14 heteroatoms. The zero-order valence-corrected chi connectivity index (χ0v) is 17.5. The predicted molar refractivity (Wildman–Crippen MR) is 105 cm³/mol. The number of hydrazine groups is 1. The monoisotopic (exact) mass is 491 g/mol. The van der Waals surface area contributed by atoms with Crippen LogP contribution in [-0.4, -0.2) is 81.4 Å². The SMILES string of the molecule is FC(F)(F)CN(Cc1cccc(Cl)c1Cl)N[C@H]1CCNC1.O=C(O)C(O)C(O)C(=O)O. The van der Waals surface area contributed by atoms with Crippen LogP contribution in [0.3, 0.4) is 0 Å². The van der Waals surface area contributed by atoms with E-state index in [0.717, 1.165) is 18.0 Å². The summed E-state index contributed by atoms with van der Waals surface area (Å²) in [5.41, 5.74) is 3.48. The Kier molecular flexibility index (Phi) is 10.9. The highest BCUT2D eigenvalue weighted by Gasteiger charge is 2.32. The maximum Gasteiger partial charge on any atom is 0.402 e. The molecule has 9 nitrogen and oxygen atoms in total. The second kappa shape index (κ2) is 12.4. The number of alkyl halides is 3. The van der Waals surface area contributed by atoms with Gasteiger partial charge in [-0.2, -0.15) is 13.2 Å². The van der Waals surface area contributed by atoms with E-state index in [-0.39, 0.29) is 17.6 Å². The fraction of sp³-hybridized carbons (Fsp3) is 0.529. The Hall–Kier alpha value is -1.67. The largest absolute Gasteiger partial charge is 0.479 e. The van der Waals surface area contributed by atoms with Crippen molar-refractivity contribution in [3.63, 3.8) is 0 Å². The van der Waals surface area contributed by atoms with Gasteiger partial charge in [-0.3, -0.25) is 5.43 Å². The topological polar surface area (TPSA) is 142 Å². The van der Waals surface area contributed by atoms with Crippen LogP contribution in [-0.2, 0) is 16.1 Å². The second-order valence-corrected chi connectivity index (χ2v) is 7.35. The molecule has 0 aromatic heterocycles. The van der Waals surface area contributed by atoms with Crippen LogP contribution in [0.4, 0.5) is 13.2 Å². The Morgan fingerprint density at radius 2 is 1.77 bits per heavy atom. The van der Waals surface area contributed by atoms with Gasteiger partial charge in [0.15, 0.2) is 12.2 Å². The molecule has 2 unspecified atom stereocenters. The van der Waals surface area contributed by atoms with Crippen LogP contribution in [0.1, 0.15) is 12.0 Å². The van der Waals surface area contributed by atoms with Crippen molar-refractivity contribution in [2.24, 2.45) is 0 Å². The highest BCUT2D eigenvalue weighted by Crippen LogP contribution is 2.27. The third-order valence-corrected chi connectivity index (χ3v) is 4.85. The summed E-state index contributed by atoms with van der Waals surface area (Å²) in [6, 6.07) is 4.94. The van der Waals surface area contributed by atoms with Gasteiger partial charge in [0.1, 0.15) is 6.54 Å². The summed E-state index contributed by atoms with van der Waals surface area (Å²) in [7, 11) is 0. The van der Waals surface area contributed by atoms with Crippen LogP contribution in [0.15, 0.2) is 18.2 Å². The molecule has 2 rings (SSSR count). The van der Waals surface area contributed by atoms with E-state index in [4.69, 9.17) is 43.6 Å². The van der Waals surface area contributed by atoms with E-state index in [0.29, 0.717) is 17.1 Å². The van der Waals surface area contributed by atoms with Gasteiger partial charge in [0, 0.05) is 19.1 Å². The molecule has 1 fully saturated rings.